The Hall–Kier alpha value is -0.0400. The first-order valence-electron chi connectivity index (χ1n) is 3.73. The van der Waals surface area contributed by atoms with E-state index in [1.807, 2.05) is 0 Å². The van der Waals surface area contributed by atoms with Gasteiger partial charge in [-0.25, -0.2) is 0 Å². The van der Waals surface area contributed by atoms with Gasteiger partial charge in [-0.3, -0.25) is 0 Å². The van der Waals surface area contributed by atoms with Crippen LogP contribution in [0.3, 0.4) is 0 Å². The number of hydrogen-bond donors (Lipinski definition) is 1. The SMILES string of the molecule is CCC1C(C)(C)C1(C)N. The van der Waals surface area contributed by atoms with Crippen molar-refractivity contribution in [3.63, 3.8) is 0 Å². The van der Waals surface area contributed by atoms with Crippen LogP contribution < -0.4 is 5.73 Å². The summed E-state index contributed by atoms with van der Waals surface area (Å²) >= 11 is 0. The van der Waals surface area contributed by atoms with Crippen molar-refractivity contribution >= 4 is 0 Å². The molecule has 2 atom stereocenters. The maximum atomic E-state index is 6.00. The number of rotatable bonds is 1. The van der Waals surface area contributed by atoms with Crippen molar-refractivity contribution in [1.82, 2.24) is 0 Å². The molecule has 0 heterocycles. The summed E-state index contributed by atoms with van der Waals surface area (Å²) in [7, 11) is 0. The second kappa shape index (κ2) is 1.51. The molecule has 0 aromatic heterocycles. The molecular weight excluding hydrogens is 110 g/mol. The van der Waals surface area contributed by atoms with Gasteiger partial charge in [0.1, 0.15) is 0 Å². The van der Waals surface area contributed by atoms with Gasteiger partial charge in [-0.1, -0.05) is 27.2 Å². The molecular formula is C8H17N. The van der Waals surface area contributed by atoms with E-state index in [0.717, 1.165) is 5.92 Å². The Balaban J connectivity index is 2.66. The van der Waals surface area contributed by atoms with E-state index in [1.54, 1.807) is 0 Å². The van der Waals surface area contributed by atoms with Gasteiger partial charge < -0.3 is 5.73 Å². The summed E-state index contributed by atoms with van der Waals surface area (Å²) in [6.45, 7) is 8.87. The van der Waals surface area contributed by atoms with Crippen LogP contribution in [-0.4, -0.2) is 5.54 Å². The van der Waals surface area contributed by atoms with Crippen molar-refractivity contribution in [2.24, 2.45) is 17.1 Å². The van der Waals surface area contributed by atoms with Crippen LogP contribution in [0.4, 0.5) is 0 Å². The summed E-state index contributed by atoms with van der Waals surface area (Å²) < 4.78 is 0. The van der Waals surface area contributed by atoms with Crippen molar-refractivity contribution in [3.8, 4) is 0 Å². The number of nitrogens with two attached hydrogens (primary N) is 1. The Labute approximate surface area is 57.6 Å². The summed E-state index contributed by atoms with van der Waals surface area (Å²) in [5, 5.41) is 0. The van der Waals surface area contributed by atoms with Crippen LogP contribution in [-0.2, 0) is 0 Å². The van der Waals surface area contributed by atoms with Gasteiger partial charge in [0.2, 0.25) is 0 Å². The minimum atomic E-state index is 0.113. The first-order chi connectivity index (χ1) is 3.94. The Morgan fingerprint density at radius 3 is 1.67 bits per heavy atom. The van der Waals surface area contributed by atoms with Gasteiger partial charge >= 0.3 is 0 Å². The van der Waals surface area contributed by atoms with E-state index in [-0.39, 0.29) is 5.54 Å². The van der Waals surface area contributed by atoms with Crippen molar-refractivity contribution in [2.75, 3.05) is 0 Å². The van der Waals surface area contributed by atoms with Crippen molar-refractivity contribution < 1.29 is 0 Å². The second-order valence-electron chi connectivity index (χ2n) is 3.97. The molecule has 1 heteroatoms. The molecule has 0 bridgehead atoms. The molecule has 1 rings (SSSR count). The summed E-state index contributed by atoms with van der Waals surface area (Å²) in [4.78, 5) is 0. The zero-order valence-corrected chi connectivity index (χ0v) is 6.86. The van der Waals surface area contributed by atoms with E-state index >= 15 is 0 Å². The van der Waals surface area contributed by atoms with Crippen LogP contribution in [0.25, 0.3) is 0 Å². The normalized spacial score (nSPS) is 47.0. The molecule has 9 heavy (non-hydrogen) atoms. The van der Waals surface area contributed by atoms with Crippen LogP contribution in [0, 0.1) is 11.3 Å². The Bertz CT molecular complexity index is 111. The fraction of sp³-hybridized carbons (Fsp3) is 1.00. The maximum absolute atomic E-state index is 6.00. The zero-order valence-electron chi connectivity index (χ0n) is 6.86. The van der Waals surface area contributed by atoms with Gasteiger partial charge in [-0.15, -0.1) is 0 Å². The standard InChI is InChI=1S/C8H17N/c1-5-6-7(2,3)8(6,4)9/h6H,5,9H2,1-4H3. The average Bonchev–Trinajstić information content (AvgIpc) is 2.00. The second-order valence-corrected chi connectivity index (χ2v) is 3.97. The predicted molar refractivity (Wildman–Crippen MR) is 40.2 cm³/mol. The largest absolute Gasteiger partial charge is 0.325 e. The number of hydrogen-bond acceptors (Lipinski definition) is 1. The van der Waals surface area contributed by atoms with E-state index < -0.39 is 0 Å². The van der Waals surface area contributed by atoms with Crippen molar-refractivity contribution in [2.45, 2.75) is 39.7 Å². The van der Waals surface area contributed by atoms with Gasteiger partial charge in [0.25, 0.3) is 0 Å². The topological polar surface area (TPSA) is 26.0 Å². The molecule has 54 valence electrons. The first-order valence-corrected chi connectivity index (χ1v) is 3.73. The molecule has 1 saturated carbocycles. The lowest BCUT2D eigenvalue weighted by atomic mass is 10.1. The molecule has 2 N–H and O–H groups in total. The maximum Gasteiger partial charge on any atom is 0.0215 e. The minimum Gasteiger partial charge on any atom is -0.325 e. The Morgan fingerprint density at radius 2 is 1.67 bits per heavy atom. The van der Waals surface area contributed by atoms with Gasteiger partial charge in [-0.05, 0) is 18.3 Å². The van der Waals surface area contributed by atoms with Crippen LogP contribution in [0.2, 0.25) is 0 Å². The molecule has 0 spiro atoms. The average molecular weight is 127 g/mol. The van der Waals surface area contributed by atoms with Gasteiger partial charge in [0.05, 0.1) is 0 Å². The molecule has 2 unspecified atom stereocenters. The summed E-state index contributed by atoms with van der Waals surface area (Å²) in [6, 6.07) is 0. The summed E-state index contributed by atoms with van der Waals surface area (Å²) in [5.41, 5.74) is 6.50. The Morgan fingerprint density at radius 1 is 1.33 bits per heavy atom. The highest BCUT2D eigenvalue weighted by Crippen LogP contribution is 2.60. The molecule has 0 aromatic rings. The lowest BCUT2D eigenvalue weighted by molar-refractivity contribution is 0.513. The van der Waals surface area contributed by atoms with E-state index in [9.17, 15) is 0 Å². The highest BCUT2D eigenvalue weighted by atomic mass is 14.9. The monoisotopic (exact) mass is 127 g/mol. The van der Waals surface area contributed by atoms with Gasteiger partial charge in [0.15, 0.2) is 0 Å². The lowest BCUT2D eigenvalue weighted by Gasteiger charge is -2.04. The van der Waals surface area contributed by atoms with E-state index in [1.165, 1.54) is 6.42 Å². The minimum absolute atomic E-state index is 0.113. The fourth-order valence-electron chi connectivity index (χ4n) is 2.07. The van der Waals surface area contributed by atoms with E-state index in [4.69, 9.17) is 5.73 Å². The smallest absolute Gasteiger partial charge is 0.0215 e. The van der Waals surface area contributed by atoms with Crippen molar-refractivity contribution in [1.29, 1.82) is 0 Å². The predicted octanol–water partition coefficient (Wildman–Crippen LogP) is 1.77. The molecule has 1 fully saturated rings. The first kappa shape index (κ1) is 7.07. The van der Waals surface area contributed by atoms with Crippen LogP contribution in [0.15, 0.2) is 0 Å². The van der Waals surface area contributed by atoms with Gasteiger partial charge in [-0.2, -0.15) is 0 Å². The molecule has 1 aliphatic carbocycles. The lowest BCUT2D eigenvalue weighted by Crippen LogP contribution is -2.24. The fourth-order valence-corrected chi connectivity index (χ4v) is 2.07. The molecule has 1 nitrogen and oxygen atoms in total. The van der Waals surface area contributed by atoms with E-state index in [2.05, 4.69) is 27.7 Å². The van der Waals surface area contributed by atoms with Gasteiger partial charge in [0, 0.05) is 5.54 Å². The highest BCUT2D eigenvalue weighted by Gasteiger charge is 2.64. The third-order valence-corrected chi connectivity index (χ3v) is 3.31. The summed E-state index contributed by atoms with van der Waals surface area (Å²) in [6.07, 6.45) is 1.22. The van der Waals surface area contributed by atoms with Crippen LogP contribution in [0.5, 0.6) is 0 Å². The molecule has 1 aliphatic rings. The molecule has 0 aliphatic heterocycles. The van der Waals surface area contributed by atoms with Crippen LogP contribution in [0.1, 0.15) is 34.1 Å². The molecule has 0 aromatic carbocycles. The third-order valence-electron chi connectivity index (χ3n) is 3.31. The molecule has 0 saturated heterocycles. The quantitative estimate of drug-likeness (QED) is 0.570. The summed E-state index contributed by atoms with van der Waals surface area (Å²) in [5.74, 6) is 0.741. The van der Waals surface area contributed by atoms with Crippen molar-refractivity contribution in [3.05, 3.63) is 0 Å². The Kier molecular flexibility index (Phi) is 1.19. The molecule has 0 radical (unpaired) electrons. The van der Waals surface area contributed by atoms with Crippen LogP contribution >= 0.6 is 0 Å². The van der Waals surface area contributed by atoms with E-state index in [0.29, 0.717) is 5.41 Å². The molecule has 0 amide bonds. The third kappa shape index (κ3) is 0.644. The highest BCUT2D eigenvalue weighted by molar-refractivity contribution is 5.19. The zero-order chi connectivity index (χ0) is 7.28.